The average molecular weight is 378 g/mol. The Morgan fingerprint density at radius 1 is 1.11 bits per heavy atom. The Balaban J connectivity index is 2.23. The van der Waals surface area contributed by atoms with Crippen LogP contribution >= 0.6 is 0 Å². The van der Waals surface area contributed by atoms with Crippen molar-refractivity contribution >= 4 is 11.9 Å². The lowest BCUT2D eigenvalue weighted by molar-refractivity contribution is -0.203. The molecule has 27 heavy (non-hydrogen) atoms. The van der Waals surface area contributed by atoms with Crippen LogP contribution in [0.4, 0.5) is 0 Å². The topological polar surface area (TPSA) is 80.3 Å². The van der Waals surface area contributed by atoms with Gasteiger partial charge in [0.2, 0.25) is 12.0 Å². The van der Waals surface area contributed by atoms with E-state index in [0.29, 0.717) is 12.0 Å². The summed E-state index contributed by atoms with van der Waals surface area (Å²) in [4.78, 5) is 24.2. The Morgan fingerprint density at radius 2 is 1.78 bits per heavy atom. The largest absolute Gasteiger partial charge is 0.467 e. The van der Waals surface area contributed by atoms with Gasteiger partial charge >= 0.3 is 11.9 Å². The highest BCUT2D eigenvalue weighted by molar-refractivity contribution is 5.86. The summed E-state index contributed by atoms with van der Waals surface area (Å²) in [7, 11) is 2.55. The number of rotatable bonds is 6. The molecular formula is C20H26O7. The van der Waals surface area contributed by atoms with Gasteiger partial charge in [0.1, 0.15) is 0 Å². The lowest BCUT2D eigenvalue weighted by Crippen LogP contribution is -2.37. The molecule has 0 bridgehead atoms. The molecule has 0 aromatic heterocycles. The third-order valence-corrected chi connectivity index (χ3v) is 3.72. The standard InChI is InChI=1S/C20H26O7/c1-20(2,3)27-14-11-15(18(21)23-4)25-16(12-14)26-17(19(22)24-5)13-9-7-6-8-10-13/h6-11,14,16-17H,12H2,1-5H3/t14-,16-,17+/m0/s1. The Morgan fingerprint density at radius 3 is 2.33 bits per heavy atom. The summed E-state index contributed by atoms with van der Waals surface area (Å²) in [5.74, 6) is -1.22. The van der Waals surface area contributed by atoms with E-state index < -0.39 is 36.0 Å². The molecule has 1 aromatic carbocycles. The first-order valence-electron chi connectivity index (χ1n) is 8.66. The summed E-state index contributed by atoms with van der Waals surface area (Å²) in [5, 5.41) is 0. The number of esters is 2. The molecule has 1 aliphatic heterocycles. The Hall–Kier alpha value is -2.38. The predicted molar refractivity (Wildman–Crippen MR) is 96.5 cm³/mol. The second-order valence-corrected chi connectivity index (χ2v) is 7.02. The maximum absolute atomic E-state index is 12.2. The Kier molecular flexibility index (Phi) is 6.98. The van der Waals surface area contributed by atoms with E-state index in [9.17, 15) is 9.59 Å². The van der Waals surface area contributed by atoms with E-state index in [4.69, 9.17) is 23.7 Å². The summed E-state index contributed by atoms with van der Waals surface area (Å²) in [6.45, 7) is 5.72. The second-order valence-electron chi connectivity index (χ2n) is 7.02. The highest BCUT2D eigenvalue weighted by Gasteiger charge is 2.35. The van der Waals surface area contributed by atoms with E-state index in [1.54, 1.807) is 30.3 Å². The number of methoxy groups -OCH3 is 2. The third kappa shape index (κ3) is 6.08. The molecule has 0 spiro atoms. The first kappa shape index (κ1) is 20.9. The van der Waals surface area contributed by atoms with E-state index in [0.717, 1.165) is 0 Å². The lowest BCUT2D eigenvalue weighted by atomic mass is 10.1. The number of ether oxygens (including phenoxy) is 5. The summed E-state index contributed by atoms with van der Waals surface area (Å²) in [6.07, 6.45) is -0.453. The van der Waals surface area contributed by atoms with Crippen LogP contribution in [0.2, 0.25) is 0 Å². The van der Waals surface area contributed by atoms with Gasteiger partial charge in [-0.2, -0.15) is 0 Å². The molecule has 148 valence electrons. The number of carbonyl (C=O) groups is 2. The maximum Gasteiger partial charge on any atom is 0.373 e. The molecule has 7 heteroatoms. The molecule has 0 saturated carbocycles. The molecule has 0 radical (unpaired) electrons. The van der Waals surface area contributed by atoms with Gasteiger partial charge in [-0.05, 0) is 32.4 Å². The van der Waals surface area contributed by atoms with Crippen LogP contribution in [0.5, 0.6) is 0 Å². The molecular weight excluding hydrogens is 352 g/mol. The van der Waals surface area contributed by atoms with Gasteiger partial charge in [-0.25, -0.2) is 9.59 Å². The third-order valence-electron chi connectivity index (χ3n) is 3.72. The highest BCUT2D eigenvalue weighted by Crippen LogP contribution is 2.29. The van der Waals surface area contributed by atoms with Crippen LogP contribution in [0.25, 0.3) is 0 Å². The molecule has 7 nitrogen and oxygen atoms in total. The van der Waals surface area contributed by atoms with Gasteiger partial charge < -0.3 is 23.7 Å². The quantitative estimate of drug-likeness (QED) is 0.704. The van der Waals surface area contributed by atoms with Gasteiger partial charge in [0.15, 0.2) is 6.10 Å². The van der Waals surface area contributed by atoms with E-state index in [2.05, 4.69) is 0 Å². The van der Waals surface area contributed by atoms with Gasteiger partial charge in [0.25, 0.3) is 0 Å². The van der Waals surface area contributed by atoms with Crippen molar-refractivity contribution in [3.05, 3.63) is 47.7 Å². The number of benzene rings is 1. The van der Waals surface area contributed by atoms with Gasteiger partial charge in [-0.1, -0.05) is 30.3 Å². The van der Waals surface area contributed by atoms with E-state index >= 15 is 0 Å². The van der Waals surface area contributed by atoms with Crippen LogP contribution < -0.4 is 0 Å². The van der Waals surface area contributed by atoms with Crippen molar-refractivity contribution < 1.29 is 33.3 Å². The molecule has 1 heterocycles. The molecule has 1 aliphatic rings. The van der Waals surface area contributed by atoms with E-state index in [1.807, 2.05) is 26.8 Å². The van der Waals surface area contributed by atoms with Gasteiger partial charge in [0.05, 0.1) is 25.9 Å². The molecule has 0 saturated heterocycles. The number of hydrogen-bond donors (Lipinski definition) is 0. The summed E-state index contributed by atoms with van der Waals surface area (Å²) < 4.78 is 27.0. The molecule has 0 fully saturated rings. The highest BCUT2D eigenvalue weighted by atomic mass is 16.7. The zero-order valence-electron chi connectivity index (χ0n) is 16.3. The fourth-order valence-corrected chi connectivity index (χ4v) is 2.65. The first-order valence-corrected chi connectivity index (χ1v) is 8.66. The first-order chi connectivity index (χ1) is 12.7. The van der Waals surface area contributed by atoms with Gasteiger partial charge in [-0.15, -0.1) is 0 Å². The lowest BCUT2D eigenvalue weighted by Gasteiger charge is -2.33. The maximum atomic E-state index is 12.2. The molecule has 0 unspecified atom stereocenters. The van der Waals surface area contributed by atoms with Crippen molar-refractivity contribution in [2.75, 3.05) is 14.2 Å². The molecule has 3 atom stereocenters. The minimum absolute atomic E-state index is 0.0142. The van der Waals surface area contributed by atoms with E-state index in [1.165, 1.54) is 14.2 Å². The fourth-order valence-electron chi connectivity index (χ4n) is 2.65. The van der Waals surface area contributed by atoms with Crippen molar-refractivity contribution in [2.45, 2.75) is 51.3 Å². The number of carbonyl (C=O) groups excluding carboxylic acids is 2. The summed E-state index contributed by atoms with van der Waals surface area (Å²) >= 11 is 0. The predicted octanol–water partition coefficient (Wildman–Crippen LogP) is 2.90. The van der Waals surface area contributed by atoms with Crippen molar-refractivity contribution in [3.8, 4) is 0 Å². The zero-order valence-corrected chi connectivity index (χ0v) is 16.3. The van der Waals surface area contributed by atoms with Gasteiger partial charge in [-0.3, -0.25) is 0 Å². The monoisotopic (exact) mass is 378 g/mol. The van der Waals surface area contributed by atoms with E-state index in [-0.39, 0.29) is 5.76 Å². The summed E-state index contributed by atoms with van der Waals surface area (Å²) in [5.41, 5.74) is 0.182. The van der Waals surface area contributed by atoms with Crippen molar-refractivity contribution in [1.82, 2.24) is 0 Å². The van der Waals surface area contributed by atoms with Crippen LogP contribution in [0.15, 0.2) is 42.2 Å². The van der Waals surface area contributed by atoms with Crippen LogP contribution in [0, 0.1) is 0 Å². The molecule has 0 amide bonds. The SMILES string of the molecule is COC(=O)C1=C[C@H](OC(C)(C)C)C[C@H](O[C@@H](C(=O)OC)c2ccccc2)O1. The smallest absolute Gasteiger partial charge is 0.373 e. The second kappa shape index (κ2) is 9.01. The zero-order chi connectivity index (χ0) is 20.0. The van der Waals surface area contributed by atoms with Crippen molar-refractivity contribution in [1.29, 1.82) is 0 Å². The molecule has 0 aliphatic carbocycles. The summed E-state index contributed by atoms with van der Waals surface area (Å²) in [6, 6.07) is 8.93. The number of hydrogen-bond acceptors (Lipinski definition) is 7. The average Bonchev–Trinajstić information content (AvgIpc) is 2.64. The van der Waals surface area contributed by atoms with Crippen LogP contribution in [-0.2, 0) is 33.3 Å². The van der Waals surface area contributed by atoms with Crippen LogP contribution in [-0.4, -0.2) is 44.2 Å². The van der Waals surface area contributed by atoms with Crippen molar-refractivity contribution in [3.63, 3.8) is 0 Å². The molecule has 1 aromatic rings. The minimum atomic E-state index is -0.992. The van der Waals surface area contributed by atoms with Crippen molar-refractivity contribution in [2.24, 2.45) is 0 Å². The normalized spacial score (nSPS) is 20.9. The Bertz CT molecular complexity index is 675. The molecule has 2 rings (SSSR count). The Labute approximate surface area is 159 Å². The van der Waals surface area contributed by atoms with Crippen LogP contribution in [0.1, 0.15) is 38.9 Å². The molecule has 0 N–H and O–H groups in total. The van der Waals surface area contributed by atoms with Gasteiger partial charge in [0, 0.05) is 6.42 Å². The minimum Gasteiger partial charge on any atom is -0.467 e. The van der Waals surface area contributed by atoms with Crippen LogP contribution in [0.3, 0.4) is 0 Å². The fraction of sp³-hybridized carbons (Fsp3) is 0.500.